The first-order valence-corrected chi connectivity index (χ1v) is 5.60. The molecule has 0 amide bonds. The largest absolute Gasteiger partial charge is 0.394 e. The molecule has 4 heteroatoms. The van der Waals surface area contributed by atoms with Crippen molar-refractivity contribution in [2.24, 2.45) is 0 Å². The summed E-state index contributed by atoms with van der Waals surface area (Å²) in [6, 6.07) is 9.77. The Labute approximate surface area is 92.4 Å². The Balaban J connectivity index is 2.12. The number of aromatic nitrogens is 1. The summed E-state index contributed by atoms with van der Waals surface area (Å²) in [5.41, 5.74) is 1.07. The molecule has 0 aliphatic heterocycles. The third-order valence-corrected chi connectivity index (χ3v) is 2.82. The van der Waals surface area contributed by atoms with Crippen LogP contribution in [0.1, 0.15) is 11.6 Å². The quantitative estimate of drug-likeness (QED) is 0.831. The van der Waals surface area contributed by atoms with Crippen LogP contribution in [0.5, 0.6) is 0 Å². The van der Waals surface area contributed by atoms with Crippen molar-refractivity contribution >= 4 is 16.5 Å². The van der Waals surface area contributed by atoms with Gasteiger partial charge in [0.2, 0.25) is 0 Å². The molecule has 1 aromatic carbocycles. The van der Waals surface area contributed by atoms with Gasteiger partial charge in [0.25, 0.3) is 0 Å². The van der Waals surface area contributed by atoms with Crippen molar-refractivity contribution in [3.63, 3.8) is 0 Å². The molecule has 1 atom stereocenters. The summed E-state index contributed by atoms with van der Waals surface area (Å²) in [4.78, 5) is 4.13. The van der Waals surface area contributed by atoms with E-state index in [9.17, 15) is 5.11 Å². The van der Waals surface area contributed by atoms with Gasteiger partial charge < -0.3 is 10.4 Å². The van der Waals surface area contributed by atoms with E-state index in [1.165, 1.54) is 11.3 Å². The fraction of sp³-hybridized carbons (Fsp3) is 0.182. The molecule has 0 saturated carbocycles. The Morgan fingerprint density at radius 1 is 1.33 bits per heavy atom. The van der Waals surface area contributed by atoms with Gasteiger partial charge in [0.15, 0.2) is 5.13 Å². The van der Waals surface area contributed by atoms with Crippen LogP contribution in [-0.4, -0.2) is 16.7 Å². The highest BCUT2D eigenvalue weighted by Gasteiger charge is 2.10. The lowest BCUT2D eigenvalue weighted by Crippen LogP contribution is -2.14. The molecule has 3 nitrogen and oxygen atoms in total. The lowest BCUT2D eigenvalue weighted by atomic mass is 10.1. The van der Waals surface area contributed by atoms with Crippen molar-refractivity contribution in [1.29, 1.82) is 0 Å². The maximum Gasteiger partial charge on any atom is 0.183 e. The molecule has 2 rings (SSSR count). The highest BCUT2D eigenvalue weighted by atomic mass is 32.1. The van der Waals surface area contributed by atoms with Crippen LogP contribution in [0.15, 0.2) is 41.9 Å². The van der Waals surface area contributed by atoms with Crippen LogP contribution in [0.25, 0.3) is 0 Å². The summed E-state index contributed by atoms with van der Waals surface area (Å²) in [6.07, 6.45) is 1.74. The van der Waals surface area contributed by atoms with Crippen molar-refractivity contribution in [3.05, 3.63) is 47.5 Å². The zero-order valence-electron chi connectivity index (χ0n) is 8.13. The molecule has 0 spiro atoms. The second-order valence-electron chi connectivity index (χ2n) is 3.13. The minimum Gasteiger partial charge on any atom is -0.394 e. The van der Waals surface area contributed by atoms with Gasteiger partial charge in [-0.1, -0.05) is 30.3 Å². The second kappa shape index (κ2) is 4.91. The fourth-order valence-electron chi connectivity index (χ4n) is 1.36. The Morgan fingerprint density at radius 2 is 2.13 bits per heavy atom. The van der Waals surface area contributed by atoms with Crippen molar-refractivity contribution in [1.82, 2.24) is 4.98 Å². The van der Waals surface area contributed by atoms with Gasteiger partial charge in [0.1, 0.15) is 0 Å². The number of benzene rings is 1. The molecular weight excluding hydrogens is 208 g/mol. The molecule has 0 bridgehead atoms. The molecule has 0 fully saturated rings. The van der Waals surface area contributed by atoms with Gasteiger partial charge in [-0.05, 0) is 5.56 Å². The Bertz CT molecular complexity index is 388. The average molecular weight is 220 g/mol. The van der Waals surface area contributed by atoms with Gasteiger partial charge in [-0.3, -0.25) is 0 Å². The number of rotatable bonds is 4. The molecular formula is C11H12N2OS. The molecule has 78 valence electrons. The first kappa shape index (κ1) is 10.1. The fourth-order valence-corrected chi connectivity index (χ4v) is 1.95. The first-order valence-electron chi connectivity index (χ1n) is 4.72. The van der Waals surface area contributed by atoms with E-state index in [-0.39, 0.29) is 12.6 Å². The standard InChI is InChI=1S/C11H12N2OS/c14-8-10(9-4-2-1-3-5-9)13-11-12-6-7-15-11/h1-7,10,14H,8H2,(H,12,13). The molecule has 0 aliphatic rings. The van der Waals surface area contributed by atoms with Crippen molar-refractivity contribution in [2.75, 3.05) is 11.9 Å². The van der Waals surface area contributed by atoms with Gasteiger partial charge in [0.05, 0.1) is 12.6 Å². The third kappa shape index (κ3) is 2.55. The summed E-state index contributed by atoms with van der Waals surface area (Å²) >= 11 is 1.53. The topological polar surface area (TPSA) is 45.1 Å². The minimum absolute atomic E-state index is 0.0591. The van der Waals surface area contributed by atoms with Crippen LogP contribution >= 0.6 is 11.3 Å². The Morgan fingerprint density at radius 3 is 2.73 bits per heavy atom. The maximum atomic E-state index is 9.29. The SMILES string of the molecule is OCC(Nc1nccs1)c1ccccc1. The smallest absolute Gasteiger partial charge is 0.183 e. The molecule has 2 N–H and O–H groups in total. The van der Waals surface area contributed by atoms with Crippen LogP contribution in [0.2, 0.25) is 0 Å². The van der Waals surface area contributed by atoms with E-state index in [0.29, 0.717) is 0 Å². The van der Waals surface area contributed by atoms with Crippen molar-refractivity contribution in [3.8, 4) is 0 Å². The number of nitrogens with zero attached hydrogens (tertiary/aromatic N) is 1. The lowest BCUT2D eigenvalue weighted by Gasteiger charge is -2.15. The highest BCUT2D eigenvalue weighted by molar-refractivity contribution is 7.13. The van der Waals surface area contributed by atoms with Gasteiger partial charge in [-0.2, -0.15) is 0 Å². The predicted molar refractivity (Wildman–Crippen MR) is 62.0 cm³/mol. The van der Waals surface area contributed by atoms with E-state index in [0.717, 1.165) is 10.7 Å². The minimum atomic E-state index is -0.0858. The molecule has 15 heavy (non-hydrogen) atoms. The van der Waals surface area contributed by atoms with E-state index in [4.69, 9.17) is 0 Å². The van der Waals surface area contributed by atoms with Gasteiger partial charge in [-0.25, -0.2) is 4.98 Å². The number of aliphatic hydroxyl groups is 1. The highest BCUT2D eigenvalue weighted by Crippen LogP contribution is 2.20. The van der Waals surface area contributed by atoms with Gasteiger partial charge in [-0.15, -0.1) is 11.3 Å². The van der Waals surface area contributed by atoms with E-state index in [1.54, 1.807) is 6.20 Å². The summed E-state index contributed by atoms with van der Waals surface area (Å²) in [6.45, 7) is 0.0591. The second-order valence-corrected chi connectivity index (χ2v) is 4.02. The number of anilines is 1. The maximum absolute atomic E-state index is 9.29. The summed E-state index contributed by atoms with van der Waals surface area (Å²) < 4.78 is 0. The summed E-state index contributed by atoms with van der Waals surface area (Å²) in [5, 5.41) is 15.2. The number of nitrogens with one attached hydrogen (secondary N) is 1. The first-order chi connectivity index (χ1) is 7.40. The monoisotopic (exact) mass is 220 g/mol. The zero-order valence-corrected chi connectivity index (χ0v) is 8.95. The van der Waals surface area contributed by atoms with Gasteiger partial charge >= 0.3 is 0 Å². The Kier molecular flexibility index (Phi) is 3.32. The summed E-state index contributed by atoms with van der Waals surface area (Å²) in [5.74, 6) is 0. The molecule has 0 saturated heterocycles. The van der Waals surface area contributed by atoms with E-state index >= 15 is 0 Å². The van der Waals surface area contributed by atoms with E-state index in [2.05, 4.69) is 10.3 Å². The Hall–Kier alpha value is -1.39. The zero-order chi connectivity index (χ0) is 10.5. The van der Waals surface area contributed by atoms with E-state index in [1.807, 2.05) is 35.7 Å². The van der Waals surface area contributed by atoms with Crippen LogP contribution < -0.4 is 5.32 Å². The molecule has 1 unspecified atom stereocenters. The molecule has 2 aromatic rings. The van der Waals surface area contributed by atoms with Crippen molar-refractivity contribution < 1.29 is 5.11 Å². The molecule has 1 heterocycles. The van der Waals surface area contributed by atoms with E-state index < -0.39 is 0 Å². The van der Waals surface area contributed by atoms with Crippen molar-refractivity contribution in [2.45, 2.75) is 6.04 Å². The van der Waals surface area contributed by atoms with Crippen LogP contribution in [0.4, 0.5) is 5.13 Å². The normalized spacial score (nSPS) is 12.3. The molecule has 1 aromatic heterocycles. The number of aliphatic hydroxyl groups excluding tert-OH is 1. The van der Waals surface area contributed by atoms with Crippen LogP contribution in [0.3, 0.4) is 0 Å². The predicted octanol–water partition coefficient (Wildman–Crippen LogP) is 2.29. The molecule has 0 aliphatic carbocycles. The van der Waals surface area contributed by atoms with Gasteiger partial charge in [0, 0.05) is 11.6 Å². The van der Waals surface area contributed by atoms with Crippen LogP contribution in [-0.2, 0) is 0 Å². The number of hydrogen-bond donors (Lipinski definition) is 2. The van der Waals surface area contributed by atoms with Crippen LogP contribution in [0, 0.1) is 0 Å². The number of thiazole rings is 1. The molecule has 0 radical (unpaired) electrons. The summed E-state index contributed by atoms with van der Waals surface area (Å²) in [7, 11) is 0. The number of hydrogen-bond acceptors (Lipinski definition) is 4. The lowest BCUT2D eigenvalue weighted by molar-refractivity contribution is 0.276. The average Bonchev–Trinajstić information content (AvgIpc) is 2.80. The third-order valence-electron chi connectivity index (χ3n) is 2.11.